The molecule has 2 aromatic rings. The quantitative estimate of drug-likeness (QED) is 0.433. The summed E-state index contributed by atoms with van der Waals surface area (Å²) in [6.45, 7) is 8.00. The number of carbonyl (C=O) groups excluding carboxylic acids is 1. The highest BCUT2D eigenvalue weighted by atomic mass is 16.1. The molecule has 1 aromatic carbocycles. The van der Waals surface area contributed by atoms with Gasteiger partial charge in [0.05, 0.1) is 0 Å². The van der Waals surface area contributed by atoms with Gasteiger partial charge in [-0.25, -0.2) is 0 Å². The Morgan fingerprint density at radius 2 is 1.91 bits per heavy atom. The van der Waals surface area contributed by atoms with Crippen molar-refractivity contribution in [2.45, 2.75) is 78.8 Å². The number of pyridine rings is 1. The third-order valence-electron chi connectivity index (χ3n) is 6.94. The maximum absolute atomic E-state index is 13.4. The average Bonchev–Trinajstić information content (AvgIpc) is 3.34. The number of anilines is 1. The molecular weight excluding hydrogens is 424 g/mol. The van der Waals surface area contributed by atoms with Crippen molar-refractivity contribution in [1.29, 1.82) is 5.41 Å². The second-order valence-electron chi connectivity index (χ2n) is 9.44. The van der Waals surface area contributed by atoms with Crippen LogP contribution in [0.4, 0.5) is 5.69 Å². The molecule has 182 valence electrons. The zero-order valence-electron chi connectivity index (χ0n) is 21.2. The number of allylic oxidation sites excluding steroid dienone is 2. The van der Waals surface area contributed by atoms with Gasteiger partial charge in [-0.2, -0.15) is 0 Å². The molecule has 0 radical (unpaired) electrons. The number of nitrogens with one attached hydrogen (secondary N) is 3. The molecule has 0 spiro atoms. The van der Waals surface area contributed by atoms with Crippen LogP contribution in [0.5, 0.6) is 0 Å². The predicted octanol–water partition coefficient (Wildman–Crippen LogP) is 5.44. The number of benzene rings is 1. The Bertz CT molecular complexity index is 1140. The molecule has 1 saturated carbocycles. The first-order valence-corrected chi connectivity index (χ1v) is 12.3. The normalized spacial score (nSPS) is 14.3. The first kappa shape index (κ1) is 25.5. The van der Waals surface area contributed by atoms with Crippen LogP contribution in [-0.2, 0) is 6.54 Å². The standard InChI is InChI=1S/C28H38N4O2/c1-6-7-10-21(16-29)22-14-24(20(4)26(15-22)32(5)23-11-8-9-12-23)27(33)30-17-25-18(2)13-19(3)31-28(25)34/h10,13-16,23,29H,6-9,11-12,17H2,1-5H3,(H,30,33)(H,31,34)/b21-10+,29-16?. The number of nitrogens with zero attached hydrogens (tertiary/aromatic N) is 1. The van der Waals surface area contributed by atoms with E-state index in [-0.39, 0.29) is 18.0 Å². The molecule has 1 aliphatic carbocycles. The Labute approximate surface area is 203 Å². The molecule has 3 rings (SSSR count). The number of aryl methyl sites for hydroxylation is 2. The van der Waals surface area contributed by atoms with Crippen molar-refractivity contribution in [2.75, 3.05) is 11.9 Å². The summed E-state index contributed by atoms with van der Waals surface area (Å²) in [7, 11) is 2.11. The molecule has 1 amide bonds. The molecule has 1 aromatic heterocycles. The predicted molar refractivity (Wildman–Crippen MR) is 141 cm³/mol. The molecule has 0 saturated heterocycles. The van der Waals surface area contributed by atoms with Crippen LogP contribution in [0, 0.1) is 26.2 Å². The SMILES string of the molecule is CCC/C=C(\C=N)c1cc(C(=O)NCc2c(C)cc(C)[nH]c2=O)c(C)c(N(C)C2CCCC2)c1. The zero-order valence-corrected chi connectivity index (χ0v) is 21.2. The lowest BCUT2D eigenvalue weighted by atomic mass is 9.95. The molecule has 1 aliphatic rings. The lowest BCUT2D eigenvalue weighted by molar-refractivity contribution is 0.0950. The van der Waals surface area contributed by atoms with Gasteiger partial charge >= 0.3 is 0 Å². The maximum Gasteiger partial charge on any atom is 0.253 e. The third kappa shape index (κ3) is 5.66. The number of aromatic nitrogens is 1. The summed E-state index contributed by atoms with van der Waals surface area (Å²) in [6.07, 6.45) is 10.1. The zero-order chi connectivity index (χ0) is 24.8. The second-order valence-corrected chi connectivity index (χ2v) is 9.44. The highest BCUT2D eigenvalue weighted by Crippen LogP contribution is 2.33. The lowest BCUT2D eigenvalue weighted by Crippen LogP contribution is -2.31. The van der Waals surface area contributed by atoms with Gasteiger partial charge < -0.3 is 20.6 Å². The fraction of sp³-hybridized carbons (Fsp3) is 0.464. The summed E-state index contributed by atoms with van der Waals surface area (Å²) in [5.74, 6) is -0.209. The van der Waals surface area contributed by atoms with Crippen LogP contribution in [0.25, 0.3) is 5.57 Å². The molecule has 1 fully saturated rings. The average molecular weight is 463 g/mol. The minimum Gasteiger partial charge on any atom is -0.371 e. The van der Waals surface area contributed by atoms with Crippen LogP contribution >= 0.6 is 0 Å². The lowest BCUT2D eigenvalue weighted by Gasteiger charge is -2.29. The second kappa shape index (κ2) is 11.3. The van der Waals surface area contributed by atoms with Gasteiger partial charge in [-0.15, -0.1) is 0 Å². The van der Waals surface area contributed by atoms with E-state index < -0.39 is 0 Å². The van der Waals surface area contributed by atoms with Gasteiger partial charge in [0.2, 0.25) is 0 Å². The van der Waals surface area contributed by atoms with E-state index in [1.165, 1.54) is 19.1 Å². The van der Waals surface area contributed by atoms with Crippen molar-refractivity contribution < 1.29 is 4.79 Å². The van der Waals surface area contributed by atoms with Crippen LogP contribution in [0.1, 0.15) is 83.8 Å². The van der Waals surface area contributed by atoms with Crippen LogP contribution < -0.4 is 15.8 Å². The van der Waals surface area contributed by atoms with E-state index >= 15 is 0 Å². The smallest absolute Gasteiger partial charge is 0.253 e. The number of aromatic amines is 1. The van der Waals surface area contributed by atoms with Crippen molar-refractivity contribution in [1.82, 2.24) is 10.3 Å². The Morgan fingerprint density at radius 1 is 1.21 bits per heavy atom. The minimum atomic E-state index is -0.209. The van der Waals surface area contributed by atoms with Gasteiger partial charge in [-0.1, -0.05) is 32.3 Å². The number of hydrogen-bond acceptors (Lipinski definition) is 4. The van der Waals surface area contributed by atoms with Crippen molar-refractivity contribution in [3.63, 3.8) is 0 Å². The highest BCUT2D eigenvalue weighted by Gasteiger charge is 2.24. The summed E-state index contributed by atoms with van der Waals surface area (Å²) >= 11 is 0. The Hall–Kier alpha value is -3.15. The summed E-state index contributed by atoms with van der Waals surface area (Å²) in [5, 5.41) is 10.9. The molecule has 0 unspecified atom stereocenters. The molecule has 3 N–H and O–H groups in total. The Kier molecular flexibility index (Phi) is 8.48. The van der Waals surface area contributed by atoms with Crippen molar-refractivity contribution in [2.24, 2.45) is 0 Å². The summed E-state index contributed by atoms with van der Waals surface area (Å²) in [6, 6.07) is 6.38. The number of rotatable bonds is 9. The monoisotopic (exact) mass is 462 g/mol. The summed E-state index contributed by atoms with van der Waals surface area (Å²) in [4.78, 5) is 30.9. The molecule has 34 heavy (non-hydrogen) atoms. The fourth-order valence-corrected chi connectivity index (χ4v) is 4.88. The van der Waals surface area contributed by atoms with Crippen molar-refractivity contribution in [3.05, 3.63) is 68.1 Å². The van der Waals surface area contributed by atoms with E-state index in [0.717, 1.165) is 59.3 Å². The number of H-pyrrole nitrogens is 1. The van der Waals surface area contributed by atoms with Gasteiger partial charge in [0.1, 0.15) is 0 Å². The molecule has 1 heterocycles. The third-order valence-corrected chi connectivity index (χ3v) is 6.94. The van der Waals surface area contributed by atoms with Gasteiger partial charge in [0.15, 0.2) is 0 Å². The summed E-state index contributed by atoms with van der Waals surface area (Å²) in [5.41, 5.74) is 6.31. The molecular formula is C28H38N4O2. The maximum atomic E-state index is 13.4. The van der Waals surface area contributed by atoms with Crippen molar-refractivity contribution >= 4 is 23.4 Å². The van der Waals surface area contributed by atoms with Crippen LogP contribution in [0.15, 0.2) is 29.1 Å². The van der Waals surface area contributed by atoms with Gasteiger partial charge in [0, 0.05) is 48.4 Å². The van der Waals surface area contributed by atoms with Crippen LogP contribution in [0.2, 0.25) is 0 Å². The van der Waals surface area contributed by atoms with E-state index in [4.69, 9.17) is 5.41 Å². The minimum absolute atomic E-state index is 0.168. The molecule has 0 bridgehead atoms. The van der Waals surface area contributed by atoms with E-state index in [1.807, 2.05) is 32.9 Å². The number of carbonyl (C=O) groups is 1. The number of amides is 1. The molecule has 0 atom stereocenters. The first-order valence-electron chi connectivity index (χ1n) is 12.3. The summed E-state index contributed by atoms with van der Waals surface area (Å²) < 4.78 is 0. The molecule has 0 aliphatic heterocycles. The fourth-order valence-electron chi connectivity index (χ4n) is 4.88. The molecule has 6 heteroatoms. The van der Waals surface area contributed by atoms with E-state index in [1.54, 1.807) is 0 Å². The Balaban J connectivity index is 1.99. The van der Waals surface area contributed by atoms with Gasteiger partial charge in [-0.05, 0) is 80.5 Å². The van der Waals surface area contributed by atoms with E-state index in [9.17, 15) is 9.59 Å². The van der Waals surface area contributed by atoms with Crippen molar-refractivity contribution in [3.8, 4) is 0 Å². The topological polar surface area (TPSA) is 89.0 Å². The first-order chi connectivity index (χ1) is 16.3. The highest BCUT2D eigenvalue weighted by molar-refractivity contribution is 6.10. The van der Waals surface area contributed by atoms with Gasteiger partial charge in [0.25, 0.3) is 11.5 Å². The van der Waals surface area contributed by atoms with Crippen LogP contribution in [-0.4, -0.2) is 30.2 Å². The molecule has 6 nitrogen and oxygen atoms in total. The number of unbranched alkanes of at least 4 members (excludes halogenated alkanes) is 1. The largest absolute Gasteiger partial charge is 0.371 e. The Morgan fingerprint density at radius 3 is 2.53 bits per heavy atom. The van der Waals surface area contributed by atoms with E-state index in [0.29, 0.717) is 17.2 Å². The van der Waals surface area contributed by atoms with Gasteiger partial charge in [-0.3, -0.25) is 9.59 Å². The number of hydrogen-bond donors (Lipinski definition) is 3. The van der Waals surface area contributed by atoms with Crippen LogP contribution in [0.3, 0.4) is 0 Å². The van der Waals surface area contributed by atoms with E-state index in [2.05, 4.69) is 41.3 Å².